The summed E-state index contributed by atoms with van der Waals surface area (Å²) in [5.41, 5.74) is -1.07. The Balaban J connectivity index is 2.83. The Kier molecular flexibility index (Phi) is 3.93. The first kappa shape index (κ1) is 12.0. The zero-order chi connectivity index (χ0) is 10.7. The highest BCUT2D eigenvalue weighted by atomic mass is 16.5. The van der Waals surface area contributed by atoms with E-state index in [-0.39, 0.29) is 12.0 Å². The van der Waals surface area contributed by atoms with Crippen LogP contribution < -0.4 is 0 Å². The van der Waals surface area contributed by atoms with E-state index in [9.17, 15) is 10.2 Å². The van der Waals surface area contributed by atoms with Gasteiger partial charge < -0.3 is 14.9 Å². The fraction of sp³-hybridized carbons (Fsp3) is 1.00. The lowest BCUT2D eigenvalue weighted by Gasteiger charge is -2.47. The summed E-state index contributed by atoms with van der Waals surface area (Å²) < 4.78 is 5.25. The summed E-state index contributed by atoms with van der Waals surface area (Å²) in [7, 11) is 0. The van der Waals surface area contributed by atoms with E-state index in [1.54, 1.807) is 0 Å². The van der Waals surface area contributed by atoms with Crippen molar-refractivity contribution in [1.82, 2.24) is 0 Å². The maximum Gasteiger partial charge on any atom is 0.0769 e. The molecule has 0 saturated carbocycles. The number of aliphatic hydroxyl groups is 2. The highest BCUT2D eigenvalue weighted by molar-refractivity contribution is 4.98. The molecule has 0 aromatic heterocycles. The van der Waals surface area contributed by atoms with Crippen molar-refractivity contribution < 1.29 is 14.9 Å². The molecular formula is C11H22O3. The second-order valence-corrected chi connectivity index (χ2v) is 4.29. The van der Waals surface area contributed by atoms with Gasteiger partial charge in [-0.1, -0.05) is 13.8 Å². The van der Waals surface area contributed by atoms with Gasteiger partial charge in [-0.3, -0.25) is 0 Å². The Morgan fingerprint density at radius 1 is 1.21 bits per heavy atom. The highest BCUT2D eigenvalue weighted by Gasteiger charge is 2.48. The molecule has 1 aliphatic heterocycles. The van der Waals surface area contributed by atoms with Gasteiger partial charge in [0.15, 0.2) is 0 Å². The molecule has 3 nitrogen and oxygen atoms in total. The molecular weight excluding hydrogens is 180 g/mol. The van der Waals surface area contributed by atoms with Gasteiger partial charge in [-0.2, -0.15) is 0 Å². The number of ether oxygens (including phenoxy) is 1. The number of aliphatic hydroxyl groups excluding tert-OH is 1. The van der Waals surface area contributed by atoms with Crippen LogP contribution in [0.25, 0.3) is 0 Å². The van der Waals surface area contributed by atoms with Crippen molar-refractivity contribution in [2.24, 2.45) is 5.41 Å². The predicted molar refractivity (Wildman–Crippen MR) is 55.1 cm³/mol. The Hall–Kier alpha value is -0.120. The van der Waals surface area contributed by atoms with Gasteiger partial charge in [0.2, 0.25) is 0 Å². The molecule has 0 aromatic carbocycles. The number of hydrogen-bond acceptors (Lipinski definition) is 3. The van der Waals surface area contributed by atoms with Crippen LogP contribution >= 0.6 is 0 Å². The van der Waals surface area contributed by atoms with Crippen LogP contribution in [0.1, 0.15) is 39.5 Å². The molecule has 84 valence electrons. The van der Waals surface area contributed by atoms with Gasteiger partial charge >= 0.3 is 0 Å². The minimum Gasteiger partial charge on any atom is -0.396 e. The zero-order valence-corrected chi connectivity index (χ0v) is 9.25. The molecule has 0 radical (unpaired) electrons. The van der Waals surface area contributed by atoms with E-state index in [1.807, 2.05) is 13.8 Å². The average molecular weight is 202 g/mol. The van der Waals surface area contributed by atoms with Crippen molar-refractivity contribution in [3.8, 4) is 0 Å². The number of rotatable bonds is 4. The second kappa shape index (κ2) is 4.60. The van der Waals surface area contributed by atoms with Crippen LogP contribution in [0, 0.1) is 5.41 Å². The standard InChI is InChI=1S/C11H22O3/c1-3-10(4-2,9-12)11(13)5-7-14-8-6-11/h12-13H,3-9H2,1-2H3. The molecule has 0 atom stereocenters. The molecule has 0 unspecified atom stereocenters. The molecule has 3 heteroatoms. The molecule has 2 N–H and O–H groups in total. The SMILES string of the molecule is CCC(CC)(CO)C1(O)CCOCC1. The lowest BCUT2D eigenvalue weighted by atomic mass is 9.65. The summed E-state index contributed by atoms with van der Waals surface area (Å²) in [6.07, 6.45) is 2.93. The largest absolute Gasteiger partial charge is 0.396 e. The third-order valence-corrected chi connectivity index (χ3v) is 3.96. The van der Waals surface area contributed by atoms with E-state index in [2.05, 4.69) is 0 Å². The molecule has 1 aliphatic rings. The van der Waals surface area contributed by atoms with Crippen molar-refractivity contribution in [3.05, 3.63) is 0 Å². The van der Waals surface area contributed by atoms with Gasteiger partial charge in [0, 0.05) is 31.5 Å². The average Bonchev–Trinajstić information content (AvgIpc) is 2.22. The van der Waals surface area contributed by atoms with E-state index in [0.29, 0.717) is 26.1 Å². The van der Waals surface area contributed by atoms with E-state index in [4.69, 9.17) is 4.74 Å². The monoisotopic (exact) mass is 202 g/mol. The van der Waals surface area contributed by atoms with Gasteiger partial charge in [0.1, 0.15) is 0 Å². The summed E-state index contributed by atoms with van der Waals surface area (Å²) in [5.74, 6) is 0. The smallest absolute Gasteiger partial charge is 0.0769 e. The topological polar surface area (TPSA) is 49.7 Å². The quantitative estimate of drug-likeness (QED) is 0.723. The van der Waals surface area contributed by atoms with Crippen LogP contribution in [-0.2, 0) is 4.74 Å². The van der Waals surface area contributed by atoms with Crippen LogP contribution in [-0.4, -0.2) is 35.6 Å². The minimum atomic E-state index is -0.733. The molecule has 0 amide bonds. The predicted octanol–water partition coefficient (Wildman–Crippen LogP) is 1.33. The van der Waals surface area contributed by atoms with Crippen molar-refractivity contribution >= 4 is 0 Å². The zero-order valence-electron chi connectivity index (χ0n) is 9.25. The Morgan fingerprint density at radius 2 is 1.71 bits per heavy atom. The first-order chi connectivity index (χ1) is 6.64. The van der Waals surface area contributed by atoms with Crippen molar-refractivity contribution in [2.45, 2.75) is 45.1 Å². The van der Waals surface area contributed by atoms with E-state index in [1.165, 1.54) is 0 Å². The molecule has 0 aliphatic carbocycles. The number of hydrogen-bond donors (Lipinski definition) is 2. The van der Waals surface area contributed by atoms with Crippen molar-refractivity contribution in [1.29, 1.82) is 0 Å². The lowest BCUT2D eigenvalue weighted by Crippen LogP contribution is -2.53. The van der Waals surface area contributed by atoms with Crippen LogP contribution in [0.2, 0.25) is 0 Å². The molecule has 0 spiro atoms. The summed E-state index contributed by atoms with van der Waals surface area (Å²) in [6, 6.07) is 0. The van der Waals surface area contributed by atoms with E-state index in [0.717, 1.165) is 12.8 Å². The normalized spacial score (nSPS) is 22.3. The van der Waals surface area contributed by atoms with Crippen LogP contribution in [0.3, 0.4) is 0 Å². The van der Waals surface area contributed by atoms with Gasteiger partial charge in [0.05, 0.1) is 12.2 Å². The molecule has 1 saturated heterocycles. The maximum atomic E-state index is 10.5. The van der Waals surface area contributed by atoms with Gasteiger partial charge in [0.25, 0.3) is 0 Å². The summed E-state index contributed by atoms with van der Waals surface area (Å²) >= 11 is 0. The Labute approximate surface area is 86.1 Å². The molecule has 1 fully saturated rings. The van der Waals surface area contributed by atoms with Crippen LogP contribution in [0.5, 0.6) is 0 Å². The van der Waals surface area contributed by atoms with Crippen LogP contribution in [0.15, 0.2) is 0 Å². The van der Waals surface area contributed by atoms with Crippen LogP contribution in [0.4, 0.5) is 0 Å². The summed E-state index contributed by atoms with van der Waals surface area (Å²) in [6.45, 7) is 5.35. The third kappa shape index (κ3) is 1.81. The van der Waals surface area contributed by atoms with Gasteiger partial charge in [-0.25, -0.2) is 0 Å². The molecule has 1 heterocycles. The second-order valence-electron chi connectivity index (χ2n) is 4.29. The molecule has 0 aromatic rings. The first-order valence-electron chi connectivity index (χ1n) is 5.55. The van der Waals surface area contributed by atoms with E-state index >= 15 is 0 Å². The fourth-order valence-corrected chi connectivity index (χ4v) is 2.52. The highest BCUT2D eigenvalue weighted by Crippen LogP contribution is 2.43. The van der Waals surface area contributed by atoms with Crippen molar-refractivity contribution in [3.63, 3.8) is 0 Å². The first-order valence-corrected chi connectivity index (χ1v) is 5.55. The fourth-order valence-electron chi connectivity index (χ4n) is 2.52. The molecule has 1 rings (SSSR count). The van der Waals surface area contributed by atoms with E-state index < -0.39 is 5.60 Å². The summed E-state index contributed by atoms with van der Waals surface area (Å²) in [5, 5.41) is 20.0. The lowest BCUT2D eigenvalue weighted by molar-refractivity contribution is -0.162. The third-order valence-electron chi connectivity index (χ3n) is 3.96. The molecule has 0 bridgehead atoms. The summed E-state index contributed by atoms with van der Waals surface area (Å²) in [4.78, 5) is 0. The molecule has 14 heavy (non-hydrogen) atoms. The Bertz CT molecular complexity index is 161. The minimum absolute atomic E-state index is 0.0660. The van der Waals surface area contributed by atoms with Gasteiger partial charge in [-0.05, 0) is 12.8 Å². The Morgan fingerprint density at radius 3 is 2.07 bits per heavy atom. The maximum absolute atomic E-state index is 10.5. The van der Waals surface area contributed by atoms with Crippen molar-refractivity contribution in [2.75, 3.05) is 19.8 Å². The van der Waals surface area contributed by atoms with Gasteiger partial charge in [-0.15, -0.1) is 0 Å².